The minimum Gasteiger partial charge on any atom is -0.497 e. The van der Waals surface area contributed by atoms with E-state index in [0.717, 1.165) is 22.5 Å². The van der Waals surface area contributed by atoms with Gasteiger partial charge < -0.3 is 18.8 Å². The first-order valence-corrected chi connectivity index (χ1v) is 5.84. The van der Waals surface area contributed by atoms with Gasteiger partial charge in [0.15, 0.2) is 4.77 Å². The lowest BCUT2D eigenvalue weighted by molar-refractivity contribution is 0.409. The number of aromatic amines is 1. The standard InChI is InChI=1S/C12H11N3O2S/c1-16-9-2-3-10-11(6-9)15(12(18)13-10)7-8-4-5-17-14-8/h2-6H,7H2,1H3,(H,13,18). The second-order valence-corrected chi connectivity index (χ2v) is 4.28. The number of fused-ring (bicyclic) bond motifs is 1. The topological polar surface area (TPSA) is 56.0 Å². The Morgan fingerprint density at radius 3 is 3.06 bits per heavy atom. The van der Waals surface area contributed by atoms with Crippen molar-refractivity contribution in [1.82, 2.24) is 14.7 Å². The number of H-pyrrole nitrogens is 1. The summed E-state index contributed by atoms with van der Waals surface area (Å²) in [6, 6.07) is 7.61. The van der Waals surface area contributed by atoms with Crippen LogP contribution in [0.2, 0.25) is 0 Å². The summed E-state index contributed by atoms with van der Waals surface area (Å²) < 4.78 is 12.7. The van der Waals surface area contributed by atoms with E-state index in [1.54, 1.807) is 13.4 Å². The number of hydrogen-bond donors (Lipinski definition) is 1. The third-order valence-corrected chi connectivity index (χ3v) is 3.12. The van der Waals surface area contributed by atoms with Gasteiger partial charge in [-0.15, -0.1) is 0 Å². The SMILES string of the molecule is COc1ccc2[nH]c(=S)n(Cc3ccon3)c2c1. The number of benzene rings is 1. The highest BCUT2D eigenvalue weighted by atomic mass is 32.1. The molecule has 3 aromatic rings. The van der Waals surface area contributed by atoms with Gasteiger partial charge in [0.2, 0.25) is 0 Å². The molecule has 0 fully saturated rings. The van der Waals surface area contributed by atoms with Crippen molar-refractivity contribution in [2.75, 3.05) is 7.11 Å². The van der Waals surface area contributed by atoms with Gasteiger partial charge in [-0.25, -0.2) is 0 Å². The van der Waals surface area contributed by atoms with E-state index in [0.29, 0.717) is 11.3 Å². The molecule has 6 heteroatoms. The second-order valence-electron chi connectivity index (χ2n) is 3.89. The number of ether oxygens (including phenoxy) is 1. The van der Waals surface area contributed by atoms with Crippen LogP contribution < -0.4 is 4.74 Å². The van der Waals surface area contributed by atoms with E-state index in [4.69, 9.17) is 21.5 Å². The number of hydrogen-bond acceptors (Lipinski definition) is 4. The molecule has 1 aromatic carbocycles. The Balaban J connectivity index is 2.14. The van der Waals surface area contributed by atoms with Gasteiger partial charge in [0.05, 0.1) is 24.7 Å². The molecule has 0 amide bonds. The molecule has 18 heavy (non-hydrogen) atoms. The molecule has 3 rings (SSSR count). The van der Waals surface area contributed by atoms with Crippen LogP contribution in [0.5, 0.6) is 5.75 Å². The molecule has 0 atom stereocenters. The second kappa shape index (κ2) is 4.30. The van der Waals surface area contributed by atoms with Crippen LogP contribution >= 0.6 is 12.2 Å². The van der Waals surface area contributed by atoms with Crippen molar-refractivity contribution in [1.29, 1.82) is 0 Å². The van der Waals surface area contributed by atoms with E-state index in [1.807, 2.05) is 28.8 Å². The normalized spacial score (nSPS) is 10.9. The van der Waals surface area contributed by atoms with Crippen LogP contribution in [0.4, 0.5) is 0 Å². The van der Waals surface area contributed by atoms with Crippen LogP contribution in [0.3, 0.4) is 0 Å². The molecule has 0 spiro atoms. The first kappa shape index (κ1) is 11.0. The average molecular weight is 261 g/mol. The van der Waals surface area contributed by atoms with Gasteiger partial charge >= 0.3 is 0 Å². The van der Waals surface area contributed by atoms with E-state index in [1.165, 1.54) is 0 Å². The number of rotatable bonds is 3. The monoisotopic (exact) mass is 261 g/mol. The van der Waals surface area contributed by atoms with E-state index < -0.39 is 0 Å². The van der Waals surface area contributed by atoms with Gasteiger partial charge in [0.1, 0.15) is 17.7 Å². The van der Waals surface area contributed by atoms with Gasteiger partial charge in [0, 0.05) is 12.1 Å². The summed E-state index contributed by atoms with van der Waals surface area (Å²) in [7, 11) is 1.64. The van der Waals surface area contributed by atoms with E-state index in [-0.39, 0.29) is 0 Å². The summed E-state index contributed by atoms with van der Waals surface area (Å²) in [5.74, 6) is 0.797. The van der Waals surface area contributed by atoms with Crippen LogP contribution in [0.25, 0.3) is 11.0 Å². The van der Waals surface area contributed by atoms with Gasteiger partial charge in [-0.1, -0.05) is 5.16 Å². The lowest BCUT2D eigenvalue weighted by Gasteiger charge is -2.03. The van der Waals surface area contributed by atoms with E-state index in [2.05, 4.69) is 10.1 Å². The Kier molecular flexibility index (Phi) is 2.64. The average Bonchev–Trinajstić information content (AvgIpc) is 2.99. The summed E-state index contributed by atoms with van der Waals surface area (Å²) in [6.45, 7) is 0.572. The molecule has 0 radical (unpaired) electrons. The van der Waals surface area contributed by atoms with Crippen LogP contribution in [0, 0.1) is 4.77 Å². The predicted octanol–water partition coefficient (Wildman–Crippen LogP) is 2.74. The van der Waals surface area contributed by atoms with Crippen molar-refractivity contribution >= 4 is 23.3 Å². The van der Waals surface area contributed by atoms with Crippen LogP contribution in [-0.2, 0) is 6.54 Å². The van der Waals surface area contributed by atoms with Crippen molar-refractivity contribution in [2.45, 2.75) is 6.54 Å². The molecule has 0 bridgehead atoms. The maximum absolute atomic E-state index is 5.31. The fraction of sp³-hybridized carbons (Fsp3) is 0.167. The highest BCUT2D eigenvalue weighted by Gasteiger charge is 2.07. The number of nitrogens with one attached hydrogen (secondary N) is 1. The summed E-state index contributed by atoms with van der Waals surface area (Å²) in [4.78, 5) is 3.15. The fourth-order valence-electron chi connectivity index (χ4n) is 1.90. The van der Waals surface area contributed by atoms with Crippen molar-refractivity contribution in [2.24, 2.45) is 0 Å². The number of nitrogens with zero attached hydrogens (tertiary/aromatic N) is 2. The van der Waals surface area contributed by atoms with E-state index >= 15 is 0 Å². The summed E-state index contributed by atoms with van der Waals surface area (Å²) >= 11 is 5.31. The fourth-order valence-corrected chi connectivity index (χ4v) is 2.17. The lowest BCUT2D eigenvalue weighted by atomic mass is 10.3. The molecular formula is C12H11N3O2S. The Labute approximate surface area is 108 Å². The zero-order valence-electron chi connectivity index (χ0n) is 9.71. The number of methoxy groups -OCH3 is 1. The third-order valence-electron chi connectivity index (χ3n) is 2.79. The van der Waals surface area contributed by atoms with Crippen molar-refractivity contribution in [3.8, 4) is 5.75 Å². The predicted molar refractivity (Wildman–Crippen MR) is 69.3 cm³/mol. The molecular weight excluding hydrogens is 250 g/mol. The number of aromatic nitrogens is 3. The van der Waals surface area contributed by atoms with Gasteiger partial charge in [-0.2, -0.15) is 0 Å². The summed E-state index contributed by atoms with van der Waals surface area (Å²) in [5.41, 5.74) is 2.79. The zero-order chi connectivity index (χ0) is 12.5. The lowest BCUT2D eigenvalue weighted by Crippen LogP contribution is -1.99. The Hall–Kier alpha value is -2.08. The van der Waals surface area contributed by atoms with Gasteiger partial charge in [-0.05, 0) is 24.4 Å². The Bertz CT molecular complexity index is 727. The molecule has 1 N–H and O–H groups in total. The molecule has 2 heterocycles. The van der Waals surface area contributed by atoms with Crippen LogP contribution in [0.1, 0.15) is 5.69 Å². The van der Waals surface area contributed by atoms with Crippen molar-refractivity contribution < 1.29 is 9.26 Å². The molecule has 0 saturated heterocycles. The molecule has 2 aromatic heterocycles. The highest BCUT2D eigenvalue weighted by Crippen LogP contribution is 2.21. The highest BCUT2D eigenvalue weighted by molar-refractivity contribution is 7.71. The first-order chi connectivity index (χ1) is 8.78. The molecule has 0 aliphatic heterocycles. The van der Waals surface area contributed by atoms with Crippen molar-refractivity contribution in [3.05, 3.63) is 41.0 Å². The molecule has 92 valence electrons. The van der Waals surface area contributed by atoms with Gasteiger partial charge in [0.25, 0.3) is 0 Å². The van der Waals surface area contributed by atoms with E-state index in [9.17, 15) is 0 Å². The minimum absolute atomic E-state index is 0.572. The minimum atomic E-state index is 0.572. The van der Waals surface area contributed by atoms with Gasteiger partial charge in [-0.3, -0.25) is 0 Å². The first-order valence-electron chi connectivity index (χ1n) is 5.44. The Morgan fingerprint density at radius 1 is 1.44 bits per heavy atom. The third kappa shape index (κ3) is 1.80. The van der Waals surface area contributed by atoms with Crippen LogP contribution in [0.15, 0.2) is 35.1 Å². The maximum atomic E-state index is 5.31. The molecule has 0 aliphatic carbocycles. The summed E-state index contributed by atoms with van der Waals surface area (Å²) in [6.07, 6.45) is 1.55. The smallest absolute Gasteiger partial charge is 0.178 e. The Morgan fingerprint density at radius 2 is 2.33 bits per heavy atom. The quantitative estimate of drug-likeness (QED) is 0.736. The van der Waals surface area contributed by atoms with Crippen LogP contribution in [-0.4, -0.2) is 21.8 Å². The largest absolute Gasteiger partial charge is 0.497 e. The molecule has 5 nitrogen and oxygen atoms in total. The number of imidazole rings is 1. The molecule has 0 saturated carbocycles. The van der Waals surface area contributed by atoms with Crippen molar-refractivity contribution in [3.63, 3.8) is 0 Å². The molecule has 0 unspecified atom stereocenters. The summed E-state index contributed by atoms with van der Waals surface area (Å²) in [5, 5.41) is 3.89. The zero-order valence-corrected chi connectivity index (χ0v) is 10.5. The maximum Gasteiger partial charge on any atom is 0.178 e. The molecule has 0 aliphatic rings.